The average Bonchev–Trinajstić information content (AvgIpc) is 3.06. The number of carbonyl (C=O) groups is 2. The summed E-state index contributed by atoms with van der Waals surface area (Å²) in [5.74, 6) is -0.262. The van der Waals surface area contributed by atoms with Crippen LogP contribution >= 0.6 is 11.3 Å². The van der Waals surface area contributed by atoms with E-state index < -0.39 is 0 Å². The molecule has 2 aromatic carbocycles. The molecule has 29 heavy (non-hydrogen) atoms. The Hall–Kier alpha value is -2.77. The molecule has 152 valence electrons. The summed E-state index contributed by atoms with van der Waals surface area (Å²) >= 11 is 1.65. The monoisotopic (exact) mass is 411 g/mol. The first-order chi connectivity index (χ1) is 13.8. The minimum absolute atomic E-state index is 0.0288. The molecule has 6 nitrogen and oxygen atoms in total. The van der Waals surface area contributed by atoms with Gasteiger partial charge in [-0.15, -0.1) is 11.3 Å². The molecule has 3 rings (SSSR count). The SMILES string of the molecule is Cc1cccc(C)c1NC(=O)CN(C)C(=O)C[NH+](C)Cc1nc2ccccc2s1. The zero-order valence-electron chi connectivity index (χ0n) is 17.3. The number of nitrogens with zero attached hydrogens (tertiary/aromatic N) is 2. The van der Waals surface area contributed by atoms with E-state index in [2.05, 4.69) is 16.4 Å². The maximum atomic E-state index is 12.5. The zero-order valence-corrected chi connectivity index (χ0v) is 18.1. The number of carbonyl (C=O) groups excluding carboxylic acids is 2. The van der Waals surface area contributed by atoms with Crippen molar-refractivity contribution in [3.05, 3.63) is 58.6 Å². The number of hydrogen-bond donors (Lipinski definition) is 2. The van der Waals surface area contributed by atoms with E-state index in [4.69, 9.17) is 0 Å². The van der Waals surface area contributed by atoms with Crippen molar-refractivity contribution in [2.45, 2.75) is 20.4 Å². The van der Waals surface area contributed by atoms with Crippen LogP contribution in [-0.4, -0.2) is 48.9 Å². The van der Waals surface area contributed by atoms with Crippen molar-refractivity contribution in [3.8, 4) is 0 Å². The predicted octanol–water partition coefficient (Wildman–Crippen LogP) is 2.02. The van der Waals surface area contributed by atoms with Crippen LogP contribution in [0.3, 0.4) is 0 Å². The molecule has 2 amide bonds. The number of thiazole rings is 1. The van der Waals surface area contributed by atoms with Crippen molar-refractivity contribution < 1.29 is 14.5 Å². The predicted molar refractivity (Wildman–Crippen MR) is 117 cm³/mol. The van der Waals surface area contributed by atoms with Crippen LogP contribution in [0.5, 0.6) is 0 Å². The minimum Gasteiger partial charge on any atom is -0.332 e. The number of benzene rings is 2. The Bertz CT molecular complexity index is 977. The van der Waals surface area contributed by atoms with Gasteiger partial charge >= 0.3 is 0 Å². The maximum absolute atomic E-state index is 12.5. The molecule has 0 saturated carbocycles. The Kier molecular flexibility index (Phi) is 6.61. The van der Waals surface area contributed by atoms with Gasteiger partial charge in [-0.1, -0.05) is 30.3 Å². The van der Waals surface area contributed by atoms with Gasteiger partial charge in [0.15, 0.2) is 6.54 Å². The van der Waals surface area contributed by atoms with Gasteiger partial charge in [-0.05, 0) is 37.1 Å². The average molecular weight is 412 g/mol. The molecule has 7 heteroatoms. The molecule has 0 aliphatic rings. The van der Waals surface area contributed by atoms with Crippen LogP contribution in [0.1, 0.15) is 16.1 Å². The number of nitrogens with one attached hydrogen (secondary N) is 2. The molecule has 0 radical (unpaired) electrons. The minimum atomic E-state index is -0.193. The van der Waals surface area contributed by atoms with Crippen LogP contribution in [0.25, 0.3) is 10.2 Å². The normalized spacial score (nSPS) is 12.0. The molecular formula is C22H27N4O2S+. The van der Waals surface area contributed by atoms with Gasteiger partial charge in [0.25, 0.3) is 5.91 Å². The molecule has 1 unspecified atom stereocenters. The Labute approximate surface area is 175 Å². The molecule has 1 atom stereocenters. The third-order valence-electron chi connectivity index (χ3n) is 4.80. The van der Waals surface area contributed by atoms with Gasteiger partial charge in [0.2, 0.25) is 5.91 Å². The topological polar surface area (TPSA) is 66.7 Å². The first-order valence-corrected chi connectivity index (χ1v) is 10.4. The lowest BCUT2D eigenvalue weighted by atomic mass is 10.1. The summed E-state index contributed by atoms with van der Waals surface area (Å²) in [6, 6.07) is 13.9. The molecule has 1 heterocycles. The number of anilines is 1. The Morgan fingerprint density at radius 1 is 1.10 bits per heavy atom. The van der Waals surface area contributed by atoms with Gasteiger partial charge in [-0.25, -0.2) is 4.98 Å². The summed E-state index contributed by atoms with van der Waals surface area (Å²) in [5.41, 5.74) is 3.82. The second-order valence-electron chi connectivity index (χ2n) is 7.45. The number of likely N-dealkylation sites (N-methyl/N-ethyl adjacent to an activating group) is 2. The van der Waals surface area contributed by atoms with Gasteiger partial charge in [-0.2, -0.15) is 0 Å². The number of hydrogen-bond acceptors (Lipinski definition) is 4. The highest BCUT2D eigenvalue weighted by Gasteiger charge is 2.19. The molecular weight excluding hydrogens is 384 g/mol. The van der Waals surface area contributed by atoms with Gasteiger partial charge < -0.3 is 15.1 Å². The largest absolute Gasteiger partial charge is 0.332 e. The summed E-state index contributed by atoms with van der Waals surface area (Å²) in [6.07, 6.45) is 0. The molecule has 0 bridgehead atoms. The van der Waals surface area contributed by atoms with E-state index in [0.29, 0.717) is 13.1 Å². The third-order valence-corrected chi connectivity index (χ3v) is 5.83. The van der Waals surface area contributed by atoms with Gasteiger partial charge in [0.1, 0.15) is 11.6 Å². The Balaban J connectivity index is 1.52. The summed E-state index contributed by atoms with van der Waals surface area (Å²) in [6.45, 7) is 4.92. The summed E-state index contributed by atoms with van der Waals surface area (Å²) in [5, 5.41) is 3.93. The van der Waals surface area contributed by atoms with Crippen LogP contribution in [0.4, 0.5) is 5.69 Å². The second kappa shape index (κ2) is 9.15. The molecule has 3 aromatic rings. The van der Waals surface area contributed by atoms with Crippen LogP contribution in [0.2, 0.25) is 0 Å². The van der Waals surface area contributed by atoms with Crippen molar-refractivity contribution in [1.29, 1.82) is 0 Å². The van der Waals surface area contributed by atoms with Crippen LogP contribution in [0.15, 0.2) is 42.5 Å². The summed E-state index contributed by atoms with van der Waals surface area (Å²) in [4.78, 5) is 32.1. The van der Waals surface area contributed by atoms with E-state index in [-0.39, 0.29) is 18.4 Å². The maximum Gasteiger partial charge on any atom is 0.277 e. The highest BCUT2D eigenvalue weighted by atomic mass is 32.1. The molecule has 0 aliphatic heterocycles. The van der Waals surface area contributed by atoms with Crippen LogP contribution in [-0.2, 0) is 16.1 Å². The van der Waals surface area contributed by atoms with Crippen molar-refractivity contribution in [3.63, 3.8) is 0 Å². The summed E-state index contributed by atoms with van der Waals surface area (Å²) in [7, 11) is 3.63. The quantitative estimate of drug-likeness (QED) is 0.625. The number of quaternary nitrogens is 1. The fourth-order valence-electron chi connectivity index (χ4n) is 3.20. The number of fused-ring (bicyclic) bond motifs is 1. The number of aromatic nitrogens is 1. The first kappa shape index (κ1) is 21.0. The van der Waals surface area contributed by atoms with E-state index >= 15 is 0 Å². The van der Waals surface area contributed by atoms with Gasteiger partial charge in [-0.3, -0.25) is 9.59 Å². The van der Waals surface area contributed by atoms with E-state index in [9.17, 15) is 9.59 Å². The second-order valence-corrected chi connectivity index (χ2v) is 8.57. The number of aryl methyl sites for hydroxylation is 2. The Morgan fingerprint density at radius 2 is 1.79 bits per heavy atom. The number of rotatable bonds is 7. The zero-order chi connectivity index (χ0) is 21.0. The first-order valence-electron chi connectivity index (χ1n) is 9.59. The van der Waals surface area contributed by atoms with Gasteiger partial charge in [0, 0.05) is 12.7 Å². The molecule has 0 saturated heterocycles. The lowest BCUT2D eigenvalue weighted by Gasteiger charge is -2.20. The van der Waals surface area contributed by atoms with E-state index in [0.717, 1.165) is 36.9 Å². The molecule has 2 N–H and O–H groups in total. The van der Waals surface area contributed by atoms with E-state index in [1.807, 2.05) is 57.3 Å². The van der Waals surface area contributed by atoms with E-state index in [1.165, 1.54) is 4.90 Å². The lowest BCUT2D eigenvalue weighted by molar-refractivity contribution is -0.885. The smallest absolute Gasteiger partial charge is 0.277 e. The number of para-hydroxylation sites is 2. The molecule has 0 spiro atoms. The highest BCUT2D eigenvalue weighted by molar-refractivity contribution is 7.18. The molecule has 0 aliphatic carbocycles. The van der Waals surface area contributed by atoms with Crippen LogP contribution < -0.4 is 10.2 Å². The third kappa shape index (κ3) is 5.40. The van der Waals surface area contributed by atoms with Crippen molar-refractivity contribution in [2.75, 3.05) is 32.5 Å². The highest BCUT2D eigenvalue weighted by Crippen LogP contribution is 2.21. The fourth-order valence-corrected chi connectivity index (χ4v) is 4.28. The summed E-state index contributed by atoms with van der Waals surface area (Å²) < 4.78 is 1.15. The van der Waals surface area contributed by atoms with Crippen molar-refractivity contribution in [2.24, 2.45) is 0 Å². The lowest BCUT2D eigenvalue weighted by Crippen LogP contribution is -3.08. The molecule has 0 fully saturated rings. The van der Waals surface area contributed by atoms with Gasteiger partial charge in [0.05, 0.1) is 23.8 Å². The number of amides is 2. The van der Waals surface area contributed by atoms with E-state index in [1.54, 1.807) is 18.4 Å². The Morgan fingerprint density at radius 3 is 2.48 bits per heavy atom. The van der Waals surface area contributed by atoms with Crippen molar-refractivity contribution in [1.82, 2.24) is 9.88 Å². The van der Waals surface area contributed by atoms with Crippen LogP contribution in [0, 0.1) is 13.8 Å². The standard InChI is InChI=1S/C22H26N4O2S/c1-15-8-7-9-16(2)22(15)24-19(27)12-26(4)21(28)14-25(3)13-20-23-17-10-5-6-11-18(17)29-20/h5-11H,12-14H2,1-4H3,(H,24,27)/p+1. The molecule has 1 aromatic heterocycles. The van der Waals surface area contributed by atoms with Crippen molar-refractivity contribution >= 4 is 39.1 Å². The fraction of sp³-hybridized carbons (Fsp3) is 0.318.